The van der Waals surface area contributed by atoms with Gasteiger partial charge in [-0.3, -0.25) is 14.9 Å². The first kappa shape index (κ1) is 20.2. The molecule has 0 aliphatic rings. The van der Waals surface area contributed by atoms with Crippen LogP contribution in [-0.2, 0) is 4.79 Å². The third-order valence-corrected chi connectivity index (χ3v) is 5.91. The highest BCUT2D eigenvalue weighted by molar-refractivity contribution is 7.22. The smallest absolute Gasteiger partial charge is 0.264 e. The highest BCUT2D eigenvalue weighted by Gasteiger charge is 2.19. The Morgan fingerprint density at radius 1 is 1.06 bits per heavy atom. The molecule has 0 radical (unpaired) electrons. The molecule has 0 fully saturated rings. The summed E-state index contributed by atoms with van der Waals surface area (Å²) in [5.41, 5.74) is 1.51. The van der Waals surface area contributed by atoms with Gasteiger partial charge in [0.15, 0.2) is 17.5 Å². The van der Waals surface area contributed by atoms with E-state index in [0.717, 1.165) is 10.2 Å². The quantitative estimate of drug-likeness (QED) is 0.360. The van der Waals surface area contributed by atoms with E-state index in [1.54, 1.807) is 42.5 Å². The lowest BCUT2D eigenvalue weighted by molar-refractivity contribution is -0.118. The minimum absolute atomic E-state index is 0.0128. The van der Waals surface area contributed by atoms with Crippen LogP contribution in [0.4, 0.5) is 5.13 Å². The van der Waals surface area contributed by atoms with Gasteiger partial charge >= 0.3 is 0 Å². The van der Waals surface area contributed by atoms with Gasteiger partial charge in [0.05, 0.1) is 15.6 Å². The fraction of sp³-hybridized carbons (Fsp3) is 0.0417. The van der Waals surface area contributed by atoms with Gasteiger partial charge in [0, 0.05) is 10.6 Å². The van der Waals surface area contributed by atoms with Crippen LogP contribution in [0.25, 0.3) is 32.5 Å². The van der Waals surface area contributed by atoms with Crippen molar-refractivity contribution in [2.45, 2.75) is 0 Å². The molecule has 2 aromatic heterocycles. The van der Waals surface area contributed by atoms with Crippen LogP contribution < -0.4 is 15.5 Å². The van der Waals surface area contributed by atoms with Gasteiger partial charge in [-0.05, 0) is 30.3 Å². The number of carbonyl (C=O) groups excluding carboxylic acids is 1. The molecule has 2 heterocycles. The van der Waals surface area contributed by atoms with Gasteiger partial charge in [-0.15, -0.1) is 0 Å². The minimum Gasteiger partial charge on any atom is -0.476 e. The molecular weight excluding hydrogens is 448 g/mol. The van der Waals surface area contributed by atoms with Crippen LogP contribution in [0, 0.1) is 0 Å². The van der Waals surface area contributed by atoms with E-state index in [4.69, 9.17) is 20.8 Å². The molecule has 0 atom stereocenters. The van der Waals surface area contributed by atoms with Crippen molar-refractivity contribution in [2.24, 2.45) is 0 Å². The number of aromatic nitrogens is 1. The topological polar surface area (TPSA) is 81.4 Å². The lowest BCUT2D eigenvalue weighted by Gasteiger charge is -2.11. The number of hydrogen-bond acceptors (Lipinski definition) is 6. The Labute approximate surface area is 191 Å². The van der Waals surface area contributed by atoms with Crippen LogP contribution in [0.15, 0.2) is 82.0 Å². The van der Waals surface area contributed by atoms with Crippen molar-refractivity contribution in [3.05, 3.63) is 88.0 Å². The maximum Gasteiger partial charge on any atom is 0.264 e. The number of hydrogen-bond donors (Lipinski definition) is 1. The molecule has 1 N–H and O–H groups in total. The molecule has 158 valence electrons. The highest BCUT2D eigenvalue weighted by Crippen LogP contribution is 2.31. The normalized spacial score (nSPS) is 11.0. The number of rotatable bonds is 5. The van der Waals surface area contributed by atoms with Crippen LogP contribution in [0.2, 0.25) is 5.02 Å². The van der Waals surface area contributed by atoms with E-state index in [2.05, 4.69) is 10.3 Å². The van der Waals surface area contributed by atoms with E-state index in [1.807, 2.05) is 30.3 Å². The zero-order chi connectivity index (χ0) is 22.1. The molecule has 5 aromatic rings. The number of carbonyl (C=O) groups is 1. The molecule has 0 aliphatic heterocycles. The van der Waals surface area contributed by atoms with Crippen LogP contribution in [-0.4, -0.2) is 17.5 Å². The van der Waals surface area contributed by atoms with Gasteiger partial charge < -0.3 is 9.15 Å². The molecule has 5 rings (SSSR count). The van der Waals surface area contributed by atoms with E-state index in [9.17, 15) is 9.59 Å². The summed E-state index contributed by atoms with van der Waals surface area (Å²) < 4.78 is 12.5. The molecule has 0 unspecified atom stereocenters. The summed E-state index contributed by atoms with van der Waals surface area (Å²) in [6, 6.07) is 21.4. The second-order valence-electron chi connectivity index (χ2n) is 6.92. The zero-order valence-corrected chi connectivity index (χ0v) is 18.1. The number of nitrogens with zero attached hydrogens (tertiary/aromatic N) is 1. The molecule has 0 aliphatic carbocycles. The number of fused-ring (bicyclic) bond motifs is 2. The van der Waals surface area contributed by atoms with Gasteiger partial charge in [0.1, 0.15) is 5.58 Å². The van der Waals surface area contributed by atoms with Crippen molar-refractivity contribution in [1.82, 2.24) is 4.98 Å². The van der Waals surface area contributed by atoms with Crippen molar-refractivity contribution < 1.29 is 13.9 Å². The second kappa shape index (κ2) is 8.45. The van der Waals surface area contributed by atoms with Crippen LogP contribution in [0.1, 0.15) is 0 Å². The zero-order valence-electron chi connectivity index (χ0n) is 16.5. The van der Waals surface area contributed by atoms with Crippen molar-refractivity contribution in [3.63, 3.8) is 0 Å². The van der Waals surface area contributed by atoms with Gasteiger partial charge in [-0.25, -0.2) is 4.98 Å². The summed E-state index contributed by atoms with van der Waals surface area (Å²) in [5, 5.41) is 4.10. The molecule has 0 saturated heterocycles. The Kier molecular flexibility index (Phi) is 5.34. The summed E-state index contributed by atoms with van der Waals surface area (Å²) in [6.07, 6.45) is 0. The molecule has 32 heavy (non-hydrogen) atoms. The average molecular weight is 463 g/mol. The minimum atomic E-state index is -0.443. The maximum atomic E-state index is 13.1. The number of nitrogens with one attached hydrogen (secondary N) is 1. The molecule has 1 amide bonds. The van der Waals surface area contributed by atoms with Gasteiger partial charge in [-0.1, -0.05) is 65.4 Å². The molecule has 6 nitrogen and oxygen atoms in total. The largest absolute Gasteiger partial charge is 0.476 e. The Bertz CT molecular complexity index is 1510. The van der Waals surface area contributed by atoms with Crippen LogP contribution >= 0.6 is 22.9 Å². The van der Waals surface area contributed by atoms with Crippen molar-refractivity contribution in [3.8, 4) is 17.1 Å². The summed E-state index contributed by atoms with van der Waals surface area (Å²) >= 11 is 7.31. The fourth-order valence-corrected chi connectivity index (χ4v) is 4.44. The summed E-state index contributed by atoms with van der Waals surface area (Å²) in [4.78, 5) is 30.0. The van der Waals surface area contributed by atoms with Crippen molar-refractivity contribution >= 4 is 55.2 Å². The number of anilines is 1. The van der Waals surface area contributed by atoms with E-state index in [1.165, 1.54) is 11.3 Å². The van der Waals surface area contributed by atoms with E-state index >= 15 is 0 Å². The van der Waals surface area contributed by atoms with Gasteiger partial charge in [0.2, 0.25) is 11.2 Å². The van der Waals surface area contributed by atoms with Gasteiger partial charge in [-0.2, -0.15) is 0 Å². The number of ether oxygens (including phenoxy) is 1. The third kappa shape index (κ3) is 3.95. The van der Waals surface area contributed by atoms with Crippen molar-refractivity contribution in [1.29, 1.82) is 0 Å². The second-order valence-corrected chi connectivity index (χ2v) is 8.39. The summed E-state index contributed by atoms with van der Waals surface area (Å²) in [7, 11) is 0. The van der Waals surface area contributed by atoms with E-state index in [-0.39, 0.29) is 23.5 Å². The maximum absolute atomic E-state index is 13.1. The number of para-hydroxylation sites is 1. The van der Waals surface area contributed by atoms with Gasteiger partial charge in [0.25, 0.3) is 5.91 Å². The Balaban J connectivity index is 1.43. The highest BCUT2D eigenvalue weighted by atomic mass is 35.5. The molecule has 0 saturated carbocycles. The molecule has 0 bridgehead atoms. The third-order valence-electron chi connectivity index (χ3n) is 4.74. The molecule has 0 spiro atoms. The number of amides is 1. The predicted molar refractivity (Wildman–Crippen MR) is 127 cm³/mol. The fourth-order valence-electron chi connectivity index (χ4n) is 3.28. The lowest BCUT2D eigenvalue weighted by atomic mass is 10.1. The number of benzene rings is 3. The SMILES string of the molecule is O=C(COc1c(-c2ccccc2)oc2ccccc2c1=O)Nc1nc2ccc(Cl)cc2s1. The summed E-state index contributed by atoms with van der Waals surface area (Å²) in [6.45, 7) is -0.375. The first-order chi connectivity index (χ1) is 15.6. The average Bonchev–Trinajstić information content (AvgIpc) is 3.20. The van der Waals surface area contributed by atoms with Crippen LogP contribution in [0.3, 0.4) is 0 Å². The Hall–Kier alpha value is -3.68. The van der Waals surface area contributed by atoms with Crippen LogP contribution in [0.5, 0.6) is 5.75 Å². The van der Waals surface area contributed by atoms with Crippen molar-refractivity contribution in [2.75, 3.05) is 11.9 Å². The standard InChI is InChI=1S/C24H15ClN2O4S/c25-15-10-11-17-19(12-15)32-24(26-17)27-20(28)13-30-23-21(29)16-8-4-5-9-18(16)31-22(23)14-6-2-1-3-7-14/h1-12H,13H2,(H,26,27,28). The number of halogens is 1. The molecule has 3 aromatic carbocycles. The molecular formula is C24H15ClN2O4S. The van der Waals surface area contributed by atoms with E-state index < -0.39 is 5.91 Å². The first-order valence-corrected chi connectivity index (χ1v) is 10.9. The van der Waals surface area contributed by atoms with E-state index in [0.29, 0.717) is 26.7 Å². The number of thiazole rings is 1. The Morgan fingerprint density at radius 3 is 2.69 bits per heavy atom. The first-order valence-electron chi connectivity index (χ1n) is 9.68. The lowest BCUT2D eigenvalue weighted by Crippen LogP contribution is -2.22. The predicted octanol–water partition coefficient (Wildman–Crippen LogP) is 5.74. The Morgan fingerprint density at radius 2 is 1.84 bits per heavy atom. The molecule has 8 heteroatoms. The summed E-state index contributed by atoms with van der Waals surface area (Å²) in [5.74, 6) is -0.181. The monoisotopic (exact) mass is 462 g/mol.